The molecule has 0 saturated carbocycles. The van der Waals surface area contributed by atoms with E-state index in [2.05, 4.69) is 4.98 Å². The molecule has 152 valence electrons. The molecule has 3 aromatic rings. The molecule has 0 aliphatic carbocycles. The van der Waals surface area contributed by atoms with Crippen LogP contribution < -0.4 is 15.6 Å². The Morgan fingerprint density at radius 2 is 1.66 bits per heavy atom. The van der Waals surface area contributed by atoms with Crippen molar-refractivity contribution in [1.29, 1.82) is 0 Å². The molecule has 0 aliphatic rings. The van der Waals surface area contributed by atoms with Crippen molar-refractivity contribution in [3.8, 4) is 5.75 Å². The van der Waals surface area contributed by atoms with Crippen molar-refractivity contribution < 1.29 is 31.9 Å². The zero-order valence-corrected chi connectivity index (χ0v) is 14.7. The molecule has 0 bridgehead atoms. The zero-order valence-electron chi connectivity index (χ0n) is 14.7. The van der Waals surface area contributed by atoms with Crippen LogP contribution in [0.4, 0.5) is 17.6 Å². The monoisotopic (exact) mass is 410 g/mol. The first-order chi connectivity index (χ1) is 13.7. The Bertz CT molecular complexity index is 1030. The van der Waals surface area contributed by atoms with E-state index in [0.29, 0.717) is 4.57 Å². The Morgan fingerprint density at radius 1 is 1.00 bits per heavy atom. The summed E-state index contributed by atoms with van der Waals surface area (Å²) < 4.78 is 58.2. The number of carbonyl (C=O) groups is 2. The van der Waals surface area contributed by atoms with Crippen molar-refractivity contribution >= 4 is 22.8 Å². The lowest BCUT2D eigenvalue weighted by molar-refractivity contribution is -0.147. The second kappa shape index (κ2) is 8.17. The van der Waals surface area contributed by atoms with E-state index in [1.54, 1.807) is 0 Å². The molecule has 2 aromatic carbocycles. The highest BCUT2D eigenvalue weighted by Gasteiger charge is 2.38. The molecule has 0 atom stereocenters. The third-order valence-electron chi connectivity index (χ3n) is 3.73. The average molecular weight is 410 g/mol. The van der Waals surface area contributed by atoms with E-state index in [-0.39, 0.29) is 16.8 Å². The maximum atomic E-state index is 13.2. The smallest absolute Gasteiger partial charge is 0.449 e. The molecule has 0 unspecified atom stereocenters. The fourth-order valence-electron chi connectivity index (χ4n) is 2.49. The minimum absolute atomic E-state index is 0.0874. The van der Waals surface area contributed by atoms with Gasteiger partial charge >= 0.3 is 6.18 Å². The number of benzene rings is 2. The maximum absolute atomic E-state index is 13.2. The van der Waals surface area contributed by atoms with E-state index >= 15 is 0 Å². The molecule has 2 amide bonds. The molecule has 0 saturated heterocycles. The summed E-state index contributed by atoms with van der Waals surface area (Å²) in [5.41, 5.74) is 4.26. The summed E-state index contributed by atoms with van der Waals surface area (Å²) in [4.78, 5) is 27.3. The Balaban J connectivity index is 1.59. The number of amides is 2. The van der Waals surface area contributed by atoms with Gasteiger partial charge in [0.15, 0.2) is 6.61 Å². The van der Waals surface area contributed by atoms with E-state index in [9.17, 15) is 27.2 Å². The van der Waals surface area contributed by atoms with Gasteiger partial charge in [0.05, 0.1) is 11.0 Å². The lowest BCUT2D eigenvalue weighted by atomic mass is 10.3. The van der Waals surface area contributed by atoms with Gasteiger partial charge in [-0.3, -0.25) is 20.4 Å². The number of aromatic nitrogens is 2. The summed E-state index contributed by atoms with van der Waals surface area (Å²) in [6.45, 7) is -1.21. The number of halogens is 4. The summed E-state index contributed by atoms with van der Waals surface area (Å²) in [5.74, 6) is -3.12. The van der Waals surface area contributed by atoms with Gasteiger partial charge in [-0.1, -0.05) is 12.1 Å². The quantitative estimate of drug-likeness (QED) is 0.500. The summed E-state index contributed by atoms with van der Waals surface area (Å²) in [6, 6.07) is 10.8. The van der Waals surface area contributed by atoms with Crippen LogP contribution in [-0.2, 0) is 22.3 Å². The first-order valence-corrected chi connectivity index (χ1v) is 8.22. The average Bonchev–Trinajstić information content (AvgIpc) is 3.05. The number of carbonyl (C=O) groups excluding carboxylic acids is 2. The number of imidazole rings is 1. The Morgan fingerprint density at radius 3 is 2.34 bits per heavy atom. The van der Waals surface area contributed by atoms with Gasteiger partial charge in [-0.15, -0.1) is 0 Å². The van der Waals surface area contributed by atoms with Gasteiger partial charge in [-0.25, -0.2) is 9.37 Å². The Hall–Kier alpha value is -3.63. The molecule has 1 aromatic heterocycles. The van der Waals surface area contributed by atoms with Gasteiger partial charge in [0, 0.05) is 0 Å². The molecule has 29 heavy (non-hydrogen) atoms. The largest absolute Gasteiger partial charge is 0.484 e. The molecule has 0 radical (unpaired) electrons. The topological polar surface area (TPSA) is 85.3 Å². The van der Waals surface area contributed by atoms with Gasteiger partial charge in [-0.05, 0) is 36.4 Å². The number of nitrogens with one attached hydrogen (secondary N) is 2. The lowest BCUT2D eigenvalue weighted by Gasteiger charge is -2.12. The predicted octanol–water partition coefficient (Wildman–Crippen LogP) is 2.42. The zero-order chi connectivity index (χ0) is 21.0. The first-order valence-electron chi connectivity index (χ1n) is 8.22. The summed E-state index contributed by atoms with van der Waals surface area (Å²) in [7, 11) is 0. The third-order valence-corrected chi connectivity index (χ3v) is 3.73. The summed E-state index contributed by atoms with van der Waals surface area (Å²) in [6.07, 6.45) is -4.76. The van der Waals surface area contributed by atoms with Crippen LogP contribution in [0.5, 0.6) is 5.75 Å². The van der Waals surface area contributed by atoms with Crippen molar-refractivity contribution in [2.75, 3.05) is 6.61 Å². The molecule has 0 fully saturated rings. The van der Waals surface area contributed by atoms with Crippen molar-refractivity contribution in [1.82, 2.24) is 20.4 Å². The molecule has 1 heterocycles. The molecular formula is C18H14F4N4O3. The van der Waals surface area contributed by atoms with Crippen molar-refractivity contribution in [2.24, 2.45) is 0 Å². The fourth-order valence-corrected chi connectivity index (χ4v) is 2.49. The molecule has 0 spiro atoms. The van der Waals surface area contributed by atoms with E-state index in [1.807, 2.05) is 10.9 Å². The van der Waals surface area contributed by atoms with Crippen LogP contribution in [-0.4, -0.2) is 28.0 Å². The predicted molar refractivity (Wildman–Crippen MR) is 92.9 cm³/mol. The normalized spacial score (nSPS) is 11.3. The molecule has 3 rings (SSSR count). The SMILES string of the molecule is O=C(COc1ccc(F)cc1)NNC(=O)Cn1c(C(F)(F)F)nc2ccccc21. The number of hydrogen-bond acceptors (Lipinski definition) is 4. The Labute approximate surface area is 161 Å². The molecule has 0 aliphatic heterocycles. The van der Waals surface area contributed by atoms with Crippen LogP contribution in [0.15, 0.2) is 48.5 Å². The van der Waals surface area contributed by atoms with Crippen LogP contribution in [0, 0.1) is 5.82 Å². The maximum Gasteiger partial charge on any atom is 0.449 e. The lowest BCUT2D eigenvalue weighted by Crippen LogP contribution is -2.45. The van der Waals surface area contributed by atoms with E-state index in [1.165, 1.54) is 36.4 Å². The standard InChI is InChI=1S/C18H14F4N4O3/c19-11-5-7-12(8-6-11)29-10-16(28)25-24-15(27)9-26-14-4-2-1-3-13(14)23-17(26)18(20,21)22/h1-8H,9-10H2,(H,24,27)(H,25,28). The van der Waals surface area contributed by atoms with Crippen LogP contribution >= 0.6 is 0 Å². The van der Waals surface area contributed by atoms with E-state index < -0.39 is 42.8 Å². The second-order valence-electron chi connectivity index (χ2n) is 5.85. The number of fused-ring (bicyclic) bond motifs is 1. The minimum atomic E-state index is -4.76. The highest BCUT2D eigenvalue weighted by atomic mass is 19.4. The van der Waals surface area contributed by atoms with Crippen molar-refractivity contribution in [3.63, 3.8) is 0 Å². The molecule has 7 nitrogen and oxygen atoms in total. The minimum Gasteiger partial charge on any atom is -0.484 e. The van der Waals surface area contributed by atoms with Crippen LogP contribution in [0.25, 0.3) is 11.0 Å². The third kappa shape index (κ3) is 5.00. The van der Waals surface area contributed by atoms with Gasteiger partial charge in [0.1, 0.15) is 18.1 Å². The summed E-state index contributed by atoms with van der Waals surface area (Å²) in [5, 5.41) is 0. The Kier molecular flexibility index (Phi) is 5.66. The number of ether oxygens (including phenoxy) is 1. The molecule has 2 N–H and O–H groups in total. The van der Waals surface area contributed by atoms with Gasteiger partial charge in [0.25, 0.3) is 11.8 Å². The van der Waals surface area contributed by atoms with Gasteiger partial charge < -0.3 is 9.30 Å². The van der Waals surface area contributed by atoms with Gasteiger partial charge in [0.2, 0.25) is 5.82 Å². The van der Waals surface area contributed by atoms with E-state index in [0.717, 1.165) is 12.1 Å². The second-order valence-corrected chi connectivity index (χ2v) is 5.85. The number of nitrogens with zero attached hydrogens (tertiary/aromatic N) is 2. The highest BCUT2D eigenvalue weighted by molar-refractivity contribution is 5.84. The summed E-state index contributed by atoms with van der Waals surface area (Å²) >= 11 is 0. The van der Waals surface area contributed by atoms with Crippen LogP contribution in [0.3, 0.4) is 0 Å². The molecule has 11 heteroatoms. The number of para-hydroxylation sites is 2. The fraction of sp³-hybridized carbons (Fsp3) is 0.167. The van der Waals surface area contributed by atoms with Crippen LogP contribution in [0.2, 0.25) is 0 Å². The first kappa shape index (κ1) is 20.1. The number of hydrogen-bond donors (Lipinski definition) is 2. The van der Waals surface area contributed by atoms with Gasteiger partial charge in [-0.2, -0.15) is 13.2 Å². The number of hydrazine groups is 1. The highest BCUT2D eigenvalue weighted by Crippen LogP contribution is 2.31. The van der Waals surface area contributed by atoms with Crippen LogP contribution in [0.1, 0.15) is 5.82 Å². The number of alkyl halides is 3. The van der Waals surface area contributed by atoms with Crippen molar-refractivity contribution in [2.45, 2.75) is 12.7 Å². The van der Waals surface area contributed by atoms with Crippen molar-refractivity contribution in [3.05, 3.63) is 60.2 Å². The number of rotatable bonds is 5. The van der Waals surface area contributed by atoms with E-state index in [4.69, 9.17) is 4.74 Å². The molecular weight excluding hydrogens is 396 g/mol.